The number of thiol groups is 4. The van der Waals surface area contributed by atoms with Gasteiger partial charge < -0.3 is 0 Å². The lowest BCUT2D eigenvalue weighted by atomic mass is 10.5. The largest absolute Gasteiger partial charge is 0.178 e. The number of hydrogen-bond acceptors (Lipinski definition) is 6. The minimum atomic E-state index is 0.590. The van der Waals surface area contributed by atoms with Crippen molar-refractivity contribution in [2.45, 2.75) is 10.5 Å². The highest BCUT2D eigenvalue weighted by atomic mass is 32.2. The van der Waals surface area contributed by atoms with E-state index < -0.39 is 0 Å². The Balaban J connectivity index is 3.35. The van der Waals surface area contributed by atoms with Gasteiger partial charge in [0, 0.05) is 45.0 Å². The van der Waals surface area contributed by atoms with Gasteiger partial charge in [0.15, 0.2) is 0 Å². The Kier molecular flexibility index (Phi) is 13.3. The molecule has 14 heavy (non-hydrogen) atoms. The predicted octanol–water partition coefficient (Wildman–Crippen LogP) is 2.91. The van der Waals surface area contributed by atoms with Crippen LogP contribution in [0.15, 0.2) is 0 Å². The monoisotopic (exact) mass is 306 g/mol. The molecule has 0 saturated heterocycles. The molecule has 0 aliphatic heterocycles. The Morgan fingerprint density at radius 3 is 1.14 bits per heavy atom. The van der Waals surface area contributed by atoms with E-state index >= 15 is 0 Å². The summed E-state index contributed by atoms with van der Waals surface area (Å²) in [6, 6.07) is 0. The third-order valence-corrected chi connectivity index (χ3v) is 7.10. The highest BCUT2D eigenvalue weighted by Gasteiger charge is 2.07. The molecular weight excluding hydrogens is 288 g/mol. The fraction of sp³-hybridized carbons (Fsp3) is 1.00. The molecule has 0 aliphatic rings. The van der Waals surface area contributed by atoms with E-state index in [4.69, 9.17) is 0 Å². The van der Waals surface area contributed by atoms with E-state index in [1.165, 1.54) is 11.5 Å². The first-order valence-electron chi connectivity index (χ1n) is 4.45. The summed E-state index contributed by atoms with van der Waals surface area (Å²) in [6.45, 7) is 0. The van der Waals surface area contributed by atoms with E-state index in [-0.39, 0.29) is 0 Å². The van der Waals surface area contributed by atoms with Crippen molar-refractivity contribution >= 4 is 74.0 Å². The van der Waals surface area contributed by atoms with Crippen molar-refractivity contribution in [3.05, 3.63) is 0 Å². The van der Waals surface area contributed by atoms with Crippen LogP contribution in [0.25, 0.3) is 0 Å². The molecule has 6 heteroatoms. The first kappa shape index (κ1) is 16.1. The lowest BCUT2D eigenvalue weighted by Crippen LogP contribution is -2.11. The molecule has 0 nitrogen and oxygen atoms in total. The molecule has 0 aromatic heterocycles. The first-order chi connectivity index (χ1) is 6.78. The Hall–Kier alpha value is 2.10. The molecule has 0 amide bonds. The summed E-state index contributed by atoms with van der Waals surface area (Å²) in [6.07, 6.45) is 0. The van der Waals surface area contributed by atoms with Crippen molar-refractivity contribution < 1.29 is 0 Å². The zero-order valence-electron chi connectivity index (χ0n) is 8.00. The summed E-state index contributed by atoms with van der Waals surface area (Å²) in [5.74, 6) is 6.02. The van der Waals surface area contributed by atoms with Crippen molar-refractivity contribution in [3.63, 3.8) is 0 Å². The Morgan fingerprint density at radius 1 is 0.643 bits per heavy atom. The van der Waals surface area contributed by atoms with Crippen LogP contribution < -0.4 is 0 Å². The Labute approximate surface area is 118 Å². The van der Waals surface area contributed by atoms with Gasteiger partial charge in [-0.3, -0.25) is 0 Å². The molecule has 0 aromatic carbocycles. The second kappa shape index (κ2) is 11.6. The summed E-state index contributed by atoms with van der Waals surface area (Å²) in [5, 5.41) is 1.18. The van der Waals surface area contributed by atoms with Crippen molar-refractivity contribution in [3.8, 4) is 0 Å². The molecule has 0 heterocycles. The second-order valence-electron chi connectivity index (χ2n) is 2.72. The minimum Gasteiger partial charge on any atom is -0.178 e. The van der Waals surface area contributed by atoms with Gasteiger partial charge >= 0.3 is 0 Å². The van der Waals surface area contributed by atoms with Crippen LogP contribution in [0.5, 0.6) is 0 Å². The van der Waals surface area contributed by atoms with Crippen LogP contribution in [0.4, 0.5) is 0 Å². The van der Waals surface area contributed by atoms with Crippen LogP contribution in [-0.4, -0.2) is 45.0 Å². The van der Waals surface area contributed by atoms with Gasteiger partial charge in [0.2, 0.25) is 0 Å². The number of rotatable bonds is 9. The molecule has 0 spiro atoms. The van der Waals surface area contributed by atoms with Gasteiger partial charge in [-0.15, -0.1) is 0 Å². The smallest absolute Gasteiger partial charge is 0.0224 e. The molecule has 0 bridgehead atoms. The second-order valence-corrected chi connectivity index (χ2v) is 6.99. The topological polar surface area (TPSA) is 0 Å². The molecule has 0 aromatic rings. The van der Waals surface area contributed by atoms with Gasteiger partial charge in [-0.2, -0.15) is 74.0 Å². The predicted molar refractivity (Wildman–Crippen MR) is 87.9 cm³/mol. The number of thioether (sulfide) groups is 2. The Morgan fingerprint density at radius 2 is 0.929 bits per heavy atom. The van der Waals surface area contributed by atoms with Crippen LogP contribution in [0.2, 0.25) is 0 Å². The van der Waals surface area contributed by atoms with E-state index in [1.807, 2.05) is 23.5 Å². The molecular formula is C8H18S6. The molecule has 0 radical (unpaired) electrons. The molecule has 86 valence electrons. The summed E-state index contributed by atoms with van der Waals surface area (Å²) in [5.41, 5.74) is 0. The summed E-state index contributed by atoms with van der Waals surface area (Å²) >= 11 is 21.0. The first-order valence-corrected chi connectivity index (χ1v) is 9.07. The SMILES string of the molecule is SCC(CS)SCCSC(CS)CS. The molecule has 0 aliphatic carbocycles. The molecule has 0 saturated carbocycles. The van der Waals surface area contributed by atoms with Crippen molar-refractivity contribution in [2.24, 2.45) is 0 Å². The maximum atomic E-state index is 4.27. The van der Waals surface area contributed by atoms with Crippen LogP contribution in [-0.2, 0) is 0 Å². The van der Waals surface area contributed by atoms with Crippen LogP contribution in [0, 0.1) is 0 Å². The third kappa shape index (κ3) is 8.28. The van der Waals surface area contributed by atoms with Crippen molar-refractivity contribution in [2.75, 3.05) is 34.5 Å². The van der Waals surface area contributed by atoms with E-state index in [1.54, 1.807) is 0 Å². The van der Waals surface area contributed by atoms with Crippen molar-refractivity contribution in [1.82, 2.24) is 0 Å². The summed E-state index contributed by atoms with van der Waals surface area (Å²) < 4.78 is 0. The van der Waals surface area contributed by atoms with E-state index in [9.17, 15) is 0 Å². The normalized spacial score (nSPS) is 11.6. The molecule has 0 unspecified atom stereocenters. The van der Waals surface area contributed by atoms with Crippen molar-refractivity contribution in [1.29, 1.82) is 0 Å². The standard InChI is InChI=1S/C8H18S6/c9-3-7(4-10)13-1-2-14-8(5-11)6-12/h7-12H,1-6H2. The lowest BCUT2D eigenvalue weighted by molar-refractivity contribution is 1.15. The van der Waals surface area contributed by atoms with E-state index in [2.05, 4.69) is 50.5 Å². The molecule has 0 N–H and O–H groups in total. The van der Waals surface area contributed by atoms with Crippen LogP contribution in [0.3, 0.4) is 0 Å². The van der Waals surface area contributed by atoms with Gasteiger partial charge in [0.25, 0.3) is 0 Å². The van der Waals surface area contributed by atoms with Gasteiger partial charge in [0.05, 0.1) is 0 Å². The van der Waals surface area contributed by atoms with E-state index in [0.717, 1.165) is 23.0 Å². The van der Waals surface area contributed by atoms with Gasteiger partial charge in [0.1, 0.15) is 0 Å². The highest BCUT2D eigenvalue weighted by molar-refractivity contribution is 8.04. The molecule has 0 rings (SSSR count). The average molecular weight is 307 g/mol. The number of hydrogen-bond donors (Lipinski definition) is 4. The van der Waals surface area contributed by atoms with E-state index in [0.29, 0.717) is 10.5 Å². The van der Waals surface area contributed by atoms with Crippen LogP contribution in [0.1, 0.15) is 0 Å². The highest BCUT2D eigenvalue weighted by Crippen LogP contribution is 2.19. The van der Waals surface area contributed by atoms with Gasteiger partial charge in [-0.25, -0.2) is 0 Å². The zero-order chi connectivity index (χ0) is 10.8. The molecule has 0 fully saturated rings. The maximum absolute atomic E-state index is 4.27. The minimum absolute atomic E-state index is 0.590. The maximum Gasteiger partial charge on any atom is 0.0224 e. The zero-order valence-corrected chi connectivity index (χ0v) is 13.2. The summed E-state index contributed by atoms with van der Waals surface area (Å²) in [7, 11) is 0. The van der Waals surface area contributed by atoms with Gasteiger partial charge in [-0.05, 0) is 0 Å². The van der Waals surface area contributed by atoms with Gasteiger partial charge in [-0.1, -0.05) is 0 Å². The fourth-order valence-corrected chi connectivity index (χ4v) is 4.80. The summed E-state index contributed by atoms with van der Waals surface area (Å²) in [4.78, 5) is 0. The lowest BCUT2D eigenvalue weighted by Gasteiger charge is -2.13. The fourth-order valence-electron chi connectivity index (χ4n) is 0.756. The Bertz CT molecular complexity index is 98.4. The quantitative estimate of drug-likeness (QED) is 0.382. The average Bonchev–Trinajstić information content (AvgIpc) is 2.24. The molecule has 0 atom stereocenters. The third-order valence-electron chi connectivity index (χ3n) is 1.60. The van der Waals surface area contributed by atoms with Crippen LogP contribution >= 0.6 is 74.0 Å².